The summed E-state index contributed by atoms with van der Waals surface area (Å²) in [6, 6.07) is 3.88. The monoisotopic (exact) mass is 192 g/mol. The molecule has 0 aliphatic rings. The minimum absolute atomic E-state index is 0.733. The van der Waals surface area contributed by atoms with Gasteiger partial charge in [0.2, 0.25) is 0 Å². The molecule has 0 N–H and O–H groups in total. The minimum atomic E-state index is -0.796. The molecule has 0 atom stereocenters. The fourth-order valence-electron chi connectivity index (χ4n) is 0.625. The summed E-state index contributed by atoms with van der Waals surface area (Å²) in [5, 5.41) is 0. The van der Waals surface area contributed by atoms with Gasteiger partial charge in [-0.15, -0.1) is 0 Å². The lowest BCUT2D eigenvalue weighted by Gasteiger charge is -1.96. The molecule has 0 saturated heterocycles. The second kappa shape index (κ2) is 3.97. The summed E-state index contributed by atoms with van der Waals surface area (Å²) in [4.78, 5) is 0.733. The van der Waals surface area contributed by atoms with Gasteiger partial charge in [-0.25, -0.2) is 8.78 Å². The van der Waals surface area contributed by atoms with Crippen LogP contribution < -0.4 is 0 Å². The molecule has 0 saturated carbocycles. The lowest BCUT2D eigenvalue weighted by atomic mass is 10.3. The van der Waals surface area contributed by atoms with Crippen molar-refractivity contribution in [3.8, 4) is 0 Å². The zero-order valence-electron chi connectivity index (χ0n) is 5.80. The Kier molecular flexibility index (Phi) is 3.20. The van der Waals surface area contributed by atoms with Crippen molar-refractivity contribution in [2.45, 2.75) is 4.90 Å². The van der Waals surface area contributed by atoms with E-state index in [0.29, 0.717) is 0 Å². The van der Waals surface area contributed by atoms with Crippen molar-refractivity contribution in [3.63, 3.8) is 0 Å². The Morgan fingerprint density at radius 3 is 2.45 bits per heavy atom. The van der Waals surface area contributed by atoms with Crippen molar-refractivity contribution in [2.75, 3.05) is 6.26 Å². The maximum Gasteiger partial charge on any atom is 0.159 e. The molecule has 1 aromatic carbocycles. The average molecular weight is 192 g/mol. The number of hydrogen-bond acceptors (Lipinski definition) is 2. The van der Waals surface area contributed by atoms with E-state index in [1.54, 1.807) is 6.07 Å². The first-order valence-electron chi connectivity index (χ1n) is 2.90. The number of hydrogen-bond donors (Lipinski definition) is 0. The third-order valence-corrected chi connectivity index (χ3v) is 2.76. The van der Waals surface area contributed by atoms with E-state index >= 15 is 0 Å². The van der Waals surface area contributed by atoms with Gasteiger partial charge in [-0.3, -0.25) is 0 Å². The SMILES string of the molecule is CSSc1ccc(F)c(F)c1. The van der Waals surface area contributed by atoms with Gasteiger partial charge in [-0.05, 0) is 24.5 Å². The molecule has 0 fully saturated rings. The lowest BCUT2D eigenvalue weighted by molar-refractivity contribution is 0.506. The summed E-state index contributed by atoms with van der Waals surface area (Å²) < 4.78 is 24.9. The van der Waals surface area contributed by atoms with E-state index in [9.17, 15) is 8.78 Å². The molecule has 1 aromatic rings. The van der Waals surface area contributed by atoms with Gasteiger partial charge in [0.05, 0.1) is 0 Å². The van der Waals surface area contributed by atoms with Crippen molar-refractivity contribution >= 4 is 21.6 Å². The van der Waals surface area contributed by atoms with Crippen LogP contribution in [0.3, 0.4) is 0 Å². The van der Waals surface area contributed by atoms with Crippen molar-refractivity contribution in [2.24, 2.45) is 0 Å². The van der Waals surface area contributed by atoms with Gasteiger partial charge in [-0.1, -0.05) is 21.6 Å². The van der Waals surface area contributed by atoms with E-state index in [-0.39, 0.29) is 0 Å². The molecule has 4 heteroatoms. The Balaban J connectivity index is 2.86. The minimum Gasteiger partial charge on any atom is -0.204 e. The van der Waals surface area contributed by atoms with Gasteiger partial charge in [0.25, 0.3) is 0 Å². The Labute approximate surface area is 71.8 Å². The highest BCUT2D eigenvalue weighted by molar-refractivity contribution is 8.76. The molecule has 0 unspecified atom stereocenters. The molecule has 1 rings (SSSR count). The topological polar surface area (TPSA) is 0 Å². The van der Waals surface area contributed by atoms with Crippen LogP contribution in [-0.2, 0) is 0 Å². The predicted molar refractivity (Wildman–Crippen MR) is 45.7 cm³/mol. The normalized spacial score (nSPS) is 10.1. The molecule has 0 bridgehead atoms. The largest absolute Gasteiger partial charge is 0.204 e. The average Bonchev–Trinajstić information content (AvgIpc) is 1.98. The molecule has 0 heterocycles. The molecular formula is C7H6F2S2. The van der Waals surface area contributed by atoms with Crippen molar-refractivity contribution in [1.29, 1.82) is 0 Å². The molecule has 11 heavy (non-hydrogen) atoms. The first-order chi connectivity index (χ1) is 5.24. The Hall–Kier alpha value is -0.220. The van der Waals surface area contributed by atoms with Crippen LogP contribution in [-0.4, -0.2) is 6.26 Å². The molecule has 0 aromatic heterocycles. The van der Waals surface area contributed by atoms with Crippen LogP contribution in [0.5, 0.6) is 0 Å². The van der Waals surface area contributed by atoms with Gasteiger partial charge in [-0.2, -0.15) is 0 Å². The molecule has 0 spiro atoms. The third-order valence-electron chi connectivity index (χ3n) is 1.07. The maximum atomic E-state index is 12.5. The summed E-state index contributed by atoms with van der Waals surface area (Å²) in [5.74, 6) is -1.58. The summed E-state index contributed by atoms with van der Waals surface area (Å²) >= 11 is 0. The Bertz CT molecular complexity index is 250. The van der Waals surface area contributed by atoms with Crippen LogP contribution in [0, 0.1) is 11.6 Å². The summed E-state index contributed by atoms with van der Waals surface area (Å²) in [5.41, 5.74) is 0. The quantitative estimate of drug-likeness (QED) is 0.659. The van der Waals surface area contributed by atoms with Crippen molar-refractivity contribution < 1.29 is 8.78 Å². The number of benzene rings is 1. The molecule has 0 nitrogen and oxygen atoms in total. The van der Waals surface area contributed by atoms with Gasteiger partial charge in [0.1, 0.15) is 0 Å². The summed E-state index contributed by atoms with van der Waals surface area (Å²) in [6.07, 6.45) is 1.88. The fraction of sp³-hybridized carbons (Fsp3) is 0.143. The molecule has 0 aliphatic heterocycles. The van der Waals surface area contributed by atoms with Crippen molar-refractivity contribution in [1.82, 2.24) is 0 Å². The highest BCUT2D eigenvalue weighted by Crippen LogP contribution is 2.28. The van der Waals surface area contributed by atoms with Crippen LogP contribution in [0.15, 0.2) is 23.1 Å². The first kappa shape index (κ1) is 8.87. The molecular weight excluding hydrogens is 186 g/mol. The van der Waals surface area contributed by atoms with E-state index in [1.165, 1.54) is 27.7 Å². The van der Waals surface area contributed by atoms with E-state index in [1.807, 2.05) is 6.26 Å². The maximum absolute atomic E-state index is 12.5. The van der Waals surface area contributed by atoms with Gasteiger partial charge >= 0.3 is 0 Å². The standard InChI is InChI=1S/C7H6F2S2/c1-10-11-5-2-3-6(8)7(9)4-5/h2-4H,1H3. The number of rotatable bonds is 2. The summed E-state index contributed by atoms with van der Waals surface area (Å²) in [6.45, 7) is 0. The van der Waals surface area contributed by atoms with Crippen LogP contribution in [0.2, 0.25) is 0 Å². The van der Waals surface area contributed by atoms with E-state index < -0.39 is 11.6 Å². The van der Waals surface area contributed by atoms with Crippen LogP contribution in [0.1, 0.15) is 0 Å². The fourth-order valence-corrected chi connectivity index (χ4v) is 1.98. The predicted octanol–water partition coefficient (Wildman–Crippen LogP) is 3.33. The smallest absolute Gasteiger partial charge is 0.159 e. The van der Waals surface area contributed by atoms with E-state index in [0.717, 1.165) is 11.0 Å². The van der Waals surface area contributed by atoms with E-state index in [2.05, 4.69) is 0 Å². The zero-order valence-corrected chi connectivity index (χ0v) is 7.44. The van der Waals surface area contributed by atoms with Crippen LogP contribution in [0.4, 0.5) is 8.78 Å². The van der Waals surface area contributed by atoms with Gasteiger partial charge < -0.3 is 0 Å². The highest BCUT2D eigenvalue weighted by atomic mass is 33.1. The molecule has 0 radical (unpaired) electrons. The highest BCUT2D eigenvalue weighted by Gasteiger charge is 2.01. The van der Waals surface area contributed by atoms with Crippen LogP contribution >= 0.6 is 21.6 Å². The van der Waals surface area contributed by atoms with Gasteiger partial charge in [0.15, 0.2) is 11.6 Å². The third kappa shape index (κ3) is 2.38. The Morgan fingerprint density at radius 2 is 1.91 bits per heavy atom. The lowest BCUT2D eigenvalue weighted by Crippen LogP contribution is -1.81. The zero-order chi connectivity index (χ0) is 8.27. The van der Waals surface area contributed by atoms with Crippen LogP contribution in [0.25, 0.3) is 0 Å². The second-order valence-corrected chi connectivity index (χ2v) is 4.30. The molecule has 0 aliphatic carbocycles. The number of halogens is 2. The Morgan fingerprint density at radius 1 is 1.18 bits per heavy atom. The summed E-state index contributed by atoms with van der Waals surface area (Å²) in [7, 11) is 2.90. The second-order valence-electron chi connectivity index (χ2n) is 1.83. The van der Waals surface area contributed by atoms with Gasteiger partial charge in [0, 0.05) is 4.90 Å². The molecule has 60 valence electrons. The van der Waals surface area contributed by atoms with E-state index in [4.69, 9.17) is 0 Å². The van der Waals surface area contributed by atoms with Crippen molar-refractivity contribution in [3.05, 3.63) is 29.8 Å². The molecule has 0 amide bonds. The first-order valence-corrected chi connectivity index (χ1v) is 5.45.